The number of esters is 1. The number of nitrogens with zero attached hydrogens (tertiary/aromatic N) is 5. The number of methoxy groups -OCH3 is 1. The Morgan fingerprint density at radius 1 is 1.45 bits per heavy atom. The Balaban J connectivity index is 2.17. The number of aryl methyl sites for hydroxylation is 1. The quantitative estimate of drug-likeness (QED) is 0.436. The summed E-state index contributed by atoms with van der Waals surface area (Å²) in [4.78, 5) is 26.3. The normalized spacial score (nSPS) is 10.8. The highest BCUT2D eigenvalue weighted by atomic mass is 16.6. The van der Waals surface area contributed by atoms with E-state index >= 15 is 0 Å². The van der Waals surface area contributed by atoms with Gasteiger partial charge in [0.1, 0.15) is 17.5 Å². The van der Waals surface area contributed by atoms with Crippen molar-refractivity contribution in [2.24, 2.45) is 0 Å². The van der Waals surface area contributed by atoms with Gasteiger partial charge in [-0.3, -0.25) is 15.2 Å². The number of aromatic amines is 1. The second-order valence-corrected chi connectivity index (χ2v) is 4.45. The summed E-state index contributed by atoms with van der Waals surface area (Å²) in [5.41, 5.74) is 1.50. The molecule has 0 bridgehead atoms. The van der Waals surface area contributed by atoms with Gasteiger partial charge >= 0.3 is 11.7 Å². The SMILES string of the molecule is COC(=O)c1c(C)nn2cc(-c3[nH]ncc3[N+](=O)[O-])cnc12. The molecule has 3 aromatic rings. The van der Waals surface area contributed by atoms with E-state index in [2.05, 4.69) is 20.3 Å². The maximum atomic E-state index is 11.7. The minimum absolute atomic E-state index is 0.168. The average Bonchev–Trinajstić information content (AvgIpc) is 3.09. The summed E-state index contributed by atoms with van der Waals surface area (Å²) < 4.78 is 6.08. The standard InChI is InChI=1S/C12H10N6O4/c1-6-9(12(19)22-2)11-13-3-7(5-17(11)16-6)10-8(18(20)21)4-14-15-10/h3-5H,1-2H3,(H,14,15). The van der Waals surface area contributed by atoms with E-state index in [1.807, 2.05) is 0 Å². The molecule has 3 heterocycles. The van der Waals surface area contributed by atoms with Gasteiger partial charge in [-0.1, -0.05) is 0 Å². The number of nitrogens with one attached hydrogen (secondary N) is 1. The highest BCUT2D eigenvalue weighted by Gasteiger charge is 2.22. The summed E-state index contributed by atoms with van der Waals surface area (Å²) in [5, 5.41) is 21.3. The molecule has 22 heavy (non-hydrogen) atoms. The van der Waals surface area contributed by atoms with Crippen molar-refractivity contribution >= 4 is 17.3 Å². The summed E-state index contributed by atoms with van der Waals surface area (Å²) in [6, 6.07) is 0. The number of hydrogen-bond acceptors (Lipinski definition) is 7. The van der Waals surface area contributed by atoms with E-state index in [1.54, 1.807) is 6.92 Å². The number of rotatable bonds is 3. The number of H-pyrrole nitrogens is 1. The molecule has 0 radical (unpaired) electrons. The molecule has 0 aliphatic heterocycles. The highest BCUT2D eigenvalue weighted by Crippen LogP contribution is 2.27. The minimum atomic E-state index is -0.544. The largest absolute Gasteiger partial charge is 0.465 e. The molecule has 0 saturated heterocycles. The minimum Gasteiger partial charge on any atom is -0.465 e. The molecule has 0 unspecified atom stereocenters. The van der Waals surface area contributed by atoms with Gasteiger partial charge in [0.05, 0.1) is 17.7 Å². The lowest BCUT2D eigenvalue weighted by atomic mass is 10.2. The highest BCUT2D eigenvalue weighted by molar-refractivity contribution is 5.97. The second kappa shape index (κ2) is 4.91. The van der Waals surface area contributed by atoms with Crippen LogP contribution in [0.15, 0.2) is 18.6 Å². The Morgan fingerprint density at radius 2 is 2.23 bits per heavy atom. The zero-order valence-electron chi connectivity index (χ0n) is 11.6. The first-order valence-electron chi connectivity index (χ1n) is 6.14. The Bertz CT molecular complexity index is 896. The predicted octanol–water partition coefficient (Wildman–Crippen LogP) is 1.12. The van der Waals surface area contributed by atoms with Gasteiger partial charge in [-0.25, -0.2) is 14.3 Å². The maximum absolute atomic E-state index is 11.7. The molecule has 3 aromatic heterocycles. The monoisotopic (exact) mass is 302 g/mol. The molecule has 0 aliphatic carbocycles. The first kappa shape index (κ1) is 13.7. The van der Waals surface area contributed by atoms with Crippen LogP contribution in [-0.2, 0) is 4.74 Å². The van der Waals surface area contributed by atoms with Crippen molar-refractivity contribution in [1.82, 2.24) is 24.8 Å². The van der Waals surface area contributed by atoms with E-state index in [-0.39, 0.29) is 16.9 Å². The number of ether oxygens (including phenoxy) is 1. The molecule has 112 valence electrons. The van der Waals surface area contributed by atoms with Crippen molar-refractivity contribution in [3.8, 4) is 11.3 Å². The van der Waals surface area contributed by atoms with Crippen LogP contribution >= 0.6 is 0 Å². The Kier molecular flexibility index (Phi) is 3.05. The van der Waals surface area contributed by atoms with Gasteiger partial charge in [0, 0.05) is 18.0 Å². The Labute approximate surface area is 122 Å². The smallest absolute Gasteiger partial charge is 0.343 e. The second-order valence-electron chi connectivity index (χ2n) is 4.45. The number of carbonyl (C=O) groups excluding carboxylic acids is 1. The molecule has 0 aliphatic rings. The van der Waals surface area contributed by atoms with Crippen molar-refractivity contribution in [3.05, 3.63) is 40.0 Å². The number of aromatic nitrogens is 5. The van der Waals surface area contributed by atoms with Gasteiger partial charge in [0.2, 0.25) is 0 Å². The number of fused-ring (bicyclic) bond motifs is 1. The number of carbonyl (C=O) groups is 1. The van der Waals surface area contributed by atoms with Crippen LogP contribution in [0.3, 0.4) is 0 Å². The van der Waals surface area contributed by atoms with Crippen LogP contribution in [0.25, 0.3) is 16.9 Å². The zero-order chi connectivity index (χ0) is 15.9. The fourth-order valence-electron chi connectivity index (χ4n) is 2.15. The van der Waals surface area contributed by atoms with Gasteiger partial charge in [0.15, 0.2) is 5.65 Å². The van der Waals surface area contributed by atoms with Crippen molar-refractivity contribution in [3.63, 3.8) is 0 Å². The molecule has 0 amide bonds. The molecule has 1 N–H and O–H groups in total. The Hall–Kier alpha value is -3.30. The van der Waals surface area contributed by atoms with Crippen molar-refractivity contribution in [2.75, 3.05) is 7.11 Å². The van der Waals surface area contributed by atoms with E-state index in [0.29, 0.717) is 16.9 Å². The van der Waals surface area contributed by atoms with E-state index in [1.165, 1.54) is 24.0 Å². The van der Waals surface area contributed by atoms with E-state index < -0.39 is 10.9 Å². The number of nitro groups is 1. The van der Waals surface area contributed by atoms with Gasteiger partial charge in [0.25, 0.3) is 0 Å². The fourth-order valence-corrected chi connectivity index (χ4v) is 2.15. The summed E-state index contributed by atoms with van der Waals surface area (Å²) >= 11 is 0. The first-order chi connectivity index (χ1) is 10.5. The lowest BCUT2D eigenvalue weighted by molar-refractivity contribution is -0.384. The van der Waals surface area contributed by atoms with E-state index in [4.69, 9.17) is 4.74 Å². The van der Waals surface area contributed by atoms with Crippen LogP contribution in [0.5, 0.6) is 0 Å². The van der Waals surface area contributed by atoms with Crippen LogP contribution in [0, 0.1) is 17.0 Å². The first-order valence-corrected chi connectivity index (χ1v) is 6.14. The maximum Gasteiger partial charge on any atom is 0.343 e. The van der Waals surface area contributed by atoms with Gasteiger partial charge in [-0.15, -0.1) is 0 Å². The summed E-state index contributed by atoms with van der Waals surface area (Å²) in [6.07, 6.45) is 4.06. The van der Waals surface area contributed by atoms with Crippen LogP contribution in [0.1, 0.15) is 16.1 Å². The predicted molar refractivity (Wildman–Crippen MR) is 73.3 cm³/mol. The summed E-state index contributed by atoms with van der Waals surface area (Å²) in [7, 11) is 1.27. The van der Waals surface area contributed by atoms with Gasteiger partial charge in [-0.05, 0) is 6.92 Å². The van der Waals surface area contributed by atoms with E-state index in [0.717, 1.165) is 6.20 Å². The molecule has 0 saturated carbocycles. The topological polar surface area (TPSA) is 128 Å². The molecule has 0 fully saturated rings. The molecular formula is C12H10N6O4. The Morgan fingerprint density at radius 3 is 2.91 bits per heavy atom. The van der Waals surface area contributed by atoms with Gasteiger partial charge in [-0.2, -0.15) is 10.2 Å². The third kappa shape index (κ3) is 1.97. The fraction of sp³-hybridized carbons (Fsp3) is 0.167. The molecule has 0 atom stereocenters. The van der Waals surface area contributed by atoms with Crippen LogP contribution in [0.2, 0.25) is 0 Å². The molecule has 10 heteroatoms. The van der Waals surface area contributed by atoms with Gasteiger partial charge < -0.3 is 4.74 Å². The van der Waals surface area contributed by atoms with Crippen LogP contribution in [0.4, 0.5) is 5.69 Å². The molecule has 10 nitrogen and oxygen atoms in total. The van der Waals surface area contributed by atoms with E-state index in [9.17, 15) is 14.9 Å². The summed E-state index contributed by atoms with van der Waals surface area (Å²) in [6.45, 7) is 1.65. The zero-order valence-corrected chi connectivity index (χ0v) is 11.6. The van der Waals surface area contributed by atoms with Crippen molar-refractivity contribution in [2.45, 2.75) is 6.92 Å². The third-order valence-corrected chi connectivity index (χ3v) is 3.14. The van der Waals surface area contributed by atoms with Crippen molar-refractivity contribution < 1.29 is 14.5 Å². The molecular weight excluding hydrogens is 292 g/mol. The number of hydrogen-bond donors (Lipinski definition) is 1. The average molecular weight is 302 g/mol. The van der Waals surface area contributed by atoms with Crippen LogP contribution < -0.4 is 0 Å². The lowest BCUT2D eigenvalue weighted by Gasteiger charge is -2.00. The molecule has 3 rings (SSSR count). The molecule has 0 aromatic carbocycles. The summed E-state index contributed by atoms with van der Waals surface area (Å²) in [5.74, 6) is -0.541. The third-order valence-electron chi connectivity index (χ3n) is 3.14. The van der Waals surface area contributed by atoms with Crippen LogP contribution in [-0.4, -0.2) is 42.8 Å². The van der Waals surface area contributed by atoms with Crippen molar-refractivity contribution in [1.29, 1.82) is 0 Å². The molecule has 0 spiro atoms. The lowest BCUT2D eigenvalue weighted by Crippen LogP contribution is -2.03.